The maximum absolute atomic E-state index is 14.4. The molecule has 8 heteroatoms. The lowest BCUT2D eigenvalue weighted by Gasteiger charge is -2.10. The van der Waals surface area contributed by atoms with Crippen LogP contribution in [0.2, 0.25) is 5.02 Å². The number of amides is 1. The summed E-state index contributed by atoms with van der Waals surface area (Å²) >= 11 is 6.01. The van der Waals surface area contributed by atoms with Crippen molar-refractivity contribution < 1.29 is 13.9 Å². The zero-order valence-electron chi connectivity index (χ0n) is 17.1. The Morgan fingerprint density at radius 1 is 1.19 bits per heavy atom. The Morgan fingerprint density at radius 2 is 2.06 bits per heavy atom. The number of fused-ring (bicyclic) bond motifs is 1. The molecule has 2 aromatic carbocycles. The van der Waals surface area contributed by atoms with Crippen LogP contribution in [0.25, 0.3) is 17.5 Å². The fourth-order valence-electron chi connectivity index (χ4n) is 3.63. The summed E-state index contributed by atoms with van der Waals surface area (Å²) in [5.74, 6) is 1.21. The molecule has 0 fully saturated rings. The number of hydrogen-bond acceptors (Lipinski definition) is 4. The Labute approximate surface area is 184 Å². The Balaban J connectivity index is 1.55. The first kappa shape index (κ1) is 21.1. The highest BCUT2D eigenvalue weighted by molar-refractivity contribution is 6.30. The predicted octanol–water partition coefficient (Wildman–Crippen LogP) is 5.12. The fourth-order valence-corrected chi connectivity index (χ4v) is 3.81. The molecular weight excluding hydrogens is 419 g/mol. The molecule has 1 amide bonds. The third kappa shape index (κ3) is 4.77. The van der Waals surface area contributed by atoms with Gasteiger partial charge in [-0.05, 0) is 55.3 Å². The van der Waals surface area contributed by atoms with Crippen molar-refractivity contribution in [2.45, 2.75) is 32.2 Å². The van der Waals surface area contributed by atoms with Crippen molar-refractivity contribution in [3.05, 3.63) is 64.7 Å². The molecule has 4 rings (SSSR count). The minimum absolute atomic E-state index is 0.0798. The Kier molecular flexibility index (Phi) is 6.32. The molecular formula is C23H22ClFN4O2. The quantitative estimate of drug-likeness (QED) is 0.559. The van der Waals surface area contributed by atoms with Crippen LogP contribution in [-0.2, 0) is 17.8 Å². The van der Waals surface area contributed by atoms with Crippen molar-refractivity contribution in [3.8, 4) is 17.1 Å². The van der Waals surface area contributed by atoms with Crippen LogP contribution in [0, 0.1) is 5.82 Å². The second-order valence-corrected chi connectivity index (χ2v) is 7.74. The van der Waals surface area contributed by atoms with Gasteiger partial charge < -0.3 is 14.6 Å². The van der Waals surface area contributed by atoms with E-state index in [4.69, 9.17) is 16.3 Å². The number of aryl methyl sites for hydroxylation is 1. The molecule has 0 saturated carbocycles. The van der Waals surface area contributed by atoms with Crippen LogP contribution >= 0.6 is 11.6 Å². The Hall–Kier alpha value is -3.19. The molecule has 0 unspecified atom stereocenters. The number of nitrogens with zero attached hydrogens (tertiary/aromatic N) is 3. The third-order valence-corrected chi connectivity index (χ3v) is 5.43. The van der Waals surface area contributed by atoms with Gasteiger partial charge in [0.05, 0.1) is 12.8 Å². The van der Waals surface area contributed by atoms with Gasteiger partial charge in [-0.3, -0.25) is 4.79 Å². The van der Waals surface area contributed by atoms with Crippen molar-refractivity contribution in [2.24, 2.45) is 0 Å². The van der Waals surface area contributed by atoms with E-state index in [9.17, 15) is 9.18 Å². The number of carbonyl (C=O) groups is 1. The molecule has 1 aliphatic rings. The van der Waals surface area contributed by atoms with Crippen LogP contribution < -0.4 is 10.1 Å². The molecule has 0 radical (unpaired) electrons. The largest absolute Gasteiger partial charge is 0.496 e. The first-order valence-corrected chi connectivity index (χ1v) is 10.5. The summed E-state index contributed by atoms with van der Waals surface area (Å²) in [6.45, 7) is 0.834. The molecule has 0 aliphatic carbocycles. The molecule has 3 aromatic rings. The van der Waals surface area contributed by atoms with Crippen LogP contribution in [0.3, 0.4) is 0 Å². The van der Waals surface area contributed by atoms with Crippen LogP contribution in [0.4, 0.5) is 10.1 Å². The molecule has 31 heavy (non-hydrogen) atoms. The first-order chi connectivity index (χ1) is 15.0. The highest BCUT2D eigenvalue weighted by Gasteiger charge is 2.17. The molecule has 6 nitrogen and oxygen atoms in total. The summed E-state index contributed by atoms with van der Waals surface area (Å²) in [6.07, 6.45) is 7.06. The van der Waals surface area contributed by atoms with Crippen molar-refractivity contribution in [1.29, 1.82) is 0 Å². The van der Waals surface area contributed by atoms with Gasteiger partial charge in [0.1, 0.15) is 17.4 Å². The maximum atomic E-state index is 14.4. The molecule has 0 bridgehead atoms. The van der Waals surface area contributed by atoms with Gasteiger partial charge in [0.2, 0.25) is 5.91 Å². The summed E-state index contributed by atoms with van der Waals surface area (Å²) < 4.78 is 21.7. The Morgan fingerprint density at radius 3 is 2.90 bits per heavy atom. The molecule has 0 atom stereocenters. The summed E-state index contributed by atoms with van der Waals surface area (Å²) in [4.78, 5) is 12.4. The summed E-state index contributed by atoms with van der Waals surface area (Å²) in [6, 6.07) is 9.66. The number of nitrogens with one attached hydrogen (secondary N) is 1. The van der Waals surface area contributed by atoms with E-state index in [1.165, 1.54) is 19.3 Å². The smallest absolute Gasteiger partial charge is 0.248 e. The van der Waals surface area contributed by atoms with E-state index >= 15 is 0 Å². The molecule has 0 spiro atoms. The van der Waals surface area contributed by atoms with Crippen molar-refractivity contribution in [2.75, 3.05) is 12.4 Å². The van der Waals surface area contributed by atoms with Crippen LogP contribution in [0.1, 0.15) is 30.7 Å². The molecule has 1 aliphatic heterocycles. The van der Waals surface area contributed by atoms with Gasteiger partial charge in [0.15, 0.2) is 5.82 Å². The maximum Gasteiger partial charge on any atom is 0.248 e. The second kappa shape index (κ2) is 9.31. The van der Waals surface area contributed by atoms with Gasteiger partial charge in [-0.1, -0.05) is 18.0 Å². The minimum Gasteiger partial charge on any atom is -0.496 e. The number of halogens is 2. The predicted molar refractivity (Wildman–Crippen MR) is 119 cm³/mol. The van der Waals surface area contributed by atoms with Gasteiger partial charge in [-0.2, -0.15) is 0 Å². The summed E-state index contributed by atoms with van der Waals surface area (Å²) in [5, 5.41) is 11.7. The van der Waals surface area contributed by atoms with Crippen LogP contribution in [0.15, 0.2) is 42.5 Å². The molecule has 1 N–H and O–H groups in total. The average Bonchev–Trinajstić information content (AvgIpc) is 3.02. The van der Waals surface area contributed by atoms with Gasteiger partial charge in [0, 0.05) is 35.2 Å². The van der Waals surface area contributed by atoms with Crippen LogP contribution in [-0.4, -0.2) is 27.8 Å². The van der Waals surface area contributed by atoms with E-state index in [0.29, 0.717) is 27.7 Å². The van der Waals surface area contributed by atoms with E-state index < -0.39 is 11.7 Å². The number of benzene rings is 2. The van der Waals surface area contributed by atoms with Crippen molar-refractivity contribution >= 4 is 29.3 Å². The second-order valence-electron chi connectivity index (χ2n) is 7.31. The first-order valence-electron chi connectivity index (χ1n) is 10.1. The van der Waals surface area contributed by atoms with Crippen LogP contribution in [0.5, 0.6) is 5.75 Å². The van der Waals surface area contributed by atoms with E-state index in [2.05, 4.69) is 20.1 Å². The molecule has 1 aromatic heterocycles. The topological polar surface area (TPSA) is 69.0 Å². The highest BCUT2D eigenvalue weighted by Crippen LogP contribution is 2.27. The van der Waals surface area contributed by atoms with E-state index in [0.717, 1.165) is 38.1 Å². The number of anilines is 1. The molecule has 160 valence electrons. The number of ether oxygens (including phenoxy) is 1. The number of hydrogen-bond donors (Lipinski definition) is 1. The SMILES string of the molecule is COc1ccc(Cl)cc1/C=C/C(=O)Nc1cc(-c2nnc3n2CCCCC3)ccc1F. The third-order valence-electron chi connectivity index (χ3n) is 5.20. The average molecular weight is 441 g/mol. The van der Waals surface area contributed by atoms with Crippen molar-refractivity contribution in [1.82, 2.24) is 14.8 Å². The van der Waals surface area contributed by atoms with E-state index in [1.54, 1.807) is 36.4 Å². The highest BCUT2D eigenvalue weighted by atomic mass is 35.5. The summed E-state index contributed by atoms with van der Waals surface area (Å²) in [5.41, 5.74) is 1.43. The zero-order chi connectivity index (χ0) is 21.8. The fraction of sp³-hybridized carbons (Fsp3) is 0.261. The number of rotatable bonds is 5. The Bertz CT molecular complexity index is 1140. The normalized spacial score (nSPS) is 13.6. The van der Waals surface area contributed by atoms with E-state index in [1.807, 2.05) is 0 Å². The van der Waals surface area contributed by atoms with Gasteiger partial charge in [-0.25, -0.2) is 4.39 Å². The lowest BCUT2D eigenvalue weighted by molar-refractivity contribution is -0.111. The summed E-state index contributed by atoms with van der Waals surface area (Å²) in [7, 11) is 1.53. The van der Waals surface area contributed by atoms with Gasteiger partial charge >= 0.3 is 0 Å². The number of aromatic nitrogens is 3. The van der Waals surface area contributed by atoms with Gasteiger partial charge in [-0.15, -0.1) is 10.2 Å². The van der Waals surface area contributed by atoms with Gasteiger partial charge in [0.25, 0.3) is 0 Å². The minimum atomic E-state index is -0.526. The number of methoxy groups -OCH3 is 1. The van der Waals surface area contributed by atoms with Crippen molar-refractivity contribution in [3.63, 3.8) is 0 Å². The molecule has 0 saturated heterocycles. The van der Waals surface area contributed by atoms with E-state index in [-0.39, 0.29) is 5.69 Å². The number of carbonyl (C=O) groups excluding carboxylic acids is 1. The standard InChI is InChI=1S/C23H22ClFN4O2/c1-31-20-10-8-17(24)13-15(20)7-11-22(30)26-19-14-16(6-9-18(19)25)23-28-27-21-5-3-2-4-12-29(21)23/h6-11,13-14H,2-5,12H2,1H3,(H,26,30)/b11-7+. The molecule has 2 heterocycles. The zero-order valence-corrected chi connectivity index (χ0v) is 17.8. The monoisotopic (exact) mass is 440 g/mol. The lowest BCUT2D eigenvalue weighted by Crippen LogP contribution is -2.10. The lowest BCUT2D eigenvalue weighted by atomic mass is 10.1.